The first-order valence-corrected chi connectivity index (χ1v) is 7.39. The van der Waals surface area contributed by atoms with E-state index < -0.39 is 0 Å². The lowest BCUT2D eigenvalue weighted by Gasteiger charge is -2.38. The molecule has 2 nitrogen and oxygen atoms in total. The van der Waals surface area contributed by atoms with E-state index in [9.17, 15) is 0 Å². The third-order valence-electron chi connectivity index (χ3n) is 4.06. The molecule has 0 amide bonds. The summed E-state index contributed by atoms with van der Waals surface area (Å²) in [6, 6.07) is 12.0. The highest BCUT2D eigenvalue weighted by atomic mass is 15.2. The van der Waals surface area contributed by atoms with Crippen LogP contribution in [0.25, 0.3) is 0 Å². The molecular formula is C16H26N2. The monoisotopic (exact) mass is 246 g/mol. The van der Waals surface area contributed by atoms with Gasteiger partial charge in [0.05, 0.1) is 0 Å². The van der Waals surface area contributed by atoms with Crippen molar-refractivity contribution in [2.75, 3.05) is 18.4 Å². The van der Waals surface area contributed by atoms with Gasteiger partial charge in [0.15, 0.2) is 0 Å². The zero-order valence-electron chi connectivity index (χ0n) is 11.7. The zero-order valence-corrected chi connectivity index (χ0v) is 11.7. The fraction of sp³-hybridized carbons (Fsp3) is 0.625. The molecule has 0 spiro atoms. The van der Waals surface area contributed by atoms with Crippen molar-refractivity contribution in [2.45, 2.75) is 51.6 Å². The van der Waals surface area contributed by atoms with E-state index in [4.69, 9.17) is 0 Å². The third-order valence-corrected chi connectivity index (χ3v) is 4.06. The summed E-state index contributed by atoms with van der Waals surface area (Å²) in [5.41, 5.74) is 1.26. The standard InChI is InChI=1S/C16H26N2/c1-3-16(4-2)18-12-8-11-15(13-18)17-14-9-6-5-7-10-14/h5-7,9-10,15-17H,3-4,8,11-13H2,1-2H3. The Labute approximate surface area is 111 Å². The SMILES string of the molecule is CCC(CC)N1CCCC(Nc2ccccc2)C1. The Bertz CT molecular complexity index is 332. The molecule has 1 atom stereocenters. The van der Waals surface area contributed by atoms with Crippen molar-refractivity contribution < 1.29 is 0 Å². The number of hydrogen-bond donors (Lipinski definition) is 1. The predicted molar refractivity (Wildman–Crippen MR) is 79.0 cm³/mol. The molecule has 0 aromatic heterocycles. The number of piperidine rings is 1. The first kappa shape index (κ1) is 13.4. The first-order valence-electron chi connectivity index (χ1n) is 7.39. The molecule has 100 valence electrons. The van der Waals surface area contributed by atoms with Crippen molar-refractivity contribution in [1.29, 1.82) is 0 Å². The number of nitrogens with zero attached hydrogens (tertiary/aromatic N) is 1. The lowest BCUT2D eigenvalue weighted by Crippen LogP contribution is -2.46. The maximum atomic E-state index is 3.67. The summed E-state index contributed by atoms with van der Waals surface area (Å²) in [6.45, 7) is 7.09. The summed E-state index contributed by atoms with van der Waals surface area (Å²) in [7, 11) is 0. The molecule has 0 bridgehead atoms. The van der Waals surface area contributed by atoms with E-state index in [2.05, 4.69) is 54.4 Å². The van der Waals surface area contributed by atoms with Gasteiger partial charge in [-0.25, -0.2) is 0 Å². The molecule has 2 heteroatoms. The van der Waals surface area contributed by atoms with E-state index in [1.54, 1.807) is 0 Å². The van der Waals surface area contributed by atoms with Gasteiger partial charge in [-0.1, -0.05) is 32.0 Å². The van der Waals surface area contributed by atoms with Crippen molar-refractivity contribution in [3.63, 3.8) is 0 Å². The van der Waals surface area contributed by atoms with Gasteiger partial charge >= 0.3 is 0 Å². The maximum Gasteiger partial charge on any atom is 0.0389 e. The molecule has 1 N–H and O–H groups in total. The smallest absolute Gasteiger partial charge is 0.0389 e. The molecule has 1 aromatic carbocycles. The number of benzene rings is 1. The number of anilines is 1. The quantitative estimate of drug-likeness (QED) is 0.851. The van der Waals surface area contributed by atoms with Gasteiger partial charge in [-0.2, -0.15) is 0 Å². The molecule has 1 aliphatic rings. The van der Waals surface area contributed by atoms with Crippen LogP contribution in [0, 0.1) is 0 Å². The molecule has 0 radical (unpaired) electrons. The van der Waals surface area contributed by atoms with E-state index in [0.717, 1.165) is 6.04 Å². The second-order valence-corrected chi connectivity index (χ2v) is 5.31. The summed E-state index contributed by atoms with van der Waals surface area (Å²) >= 11 is 0. The Kier molecular flexibility index (Phi) is 5.06. The number of nitrogens with one attached hydrogen (secondary N) is 1. The van der Waals surface area contributed by atoms with Crippen molar-refractivity contribution in [2.24, 2.45) is 0 Å². The normalized spacial score (nSPS) is 21.2. The van der Waals surface area contributed by atoms with E-state index >= 15 is 0 Å². The van der Waals surface area contributed by atoms with Gasteiger partial charge in [0, 0.05) is 24.3 Å². The van der Waals surface area contributed by atoms with E-state index in [1.807, 2.05) is 0 Å². The minimum atomic E-state index is 0.613. The molecular weight excluding hydrogens is 220 g/mol. The number of rotatable bonds is 5. The zero-order chi connectivity index (χ0) is 12.8. The minimum absolute atomic E-state index is 0.613. The Hall–Kier alpha value is -1.02. The molecule has 1 heterocycles. The van der Waals surface area contributed by atoms with Crippen LogP contribution in [0.3, 0.4) is 0 Å². The lowest BCUT2D eigenvalue weighted by atomic mass is 10.0. The average molecular weight is 246 g/mol. The predicted octanol–water partition coefficient (Wildman–Crippen LogP) is 3.75. The lowest BCUT2D eigenvalue weighted by molar-refractivity contribution is 0.146. The van der Waals surface area contributed by atoms with Crippen LogP contribution in [0.15, 0.2) is 30.3 Å². The first-order chi connectivity index (χ1) is 8.83. The van der Waals surface area contributed by atoms with Crippen molar-refractivity contribution in [3.05, 3.63) is 30.3 Å². The molecule has 2 rings (SSSR count). The van der Waals surface area contributed by atoms with Gasteiger partial charge in [-0.3, -0.25) is 4.90 Å². The van der Waals surface area contributed by atoms with Gasteiger partial charge in [0.1, 0.15) is 0 Å². The van der Waals surface area contributed by atoms with Crippen molar-refractivity contribution in [1.82, 2.24) is 4.90 Å². The molecule has 1 saturated heterocycles. The molecule has 1 unspecified atom stereocenters. The van der Waals surface area contributed by atoms with Crippen molar-refractivity contribution in [3.8, 4) is 0 Å². The van der Waals surface area contributed by atoms with Crippen LogP contribution in [0.1, 0.15) is 39.5 Å². The van der Waals surface area contributed by atoms with Crippen LogP contribution in [-0.2, 0) is 0 Å². The van der Waals surface area contributed by atoms with E-state index in [-0.39, 0.29) is 0 Å². The fourth-order valence-corrected chi connectivity index (χ4v) is 3.03. The van der Waals surface area contributed by atoms with Crippen LogP contribution in [-0.4, -0.2) is 30.1 Å². The van der Waals surface area contributed by atoms with Gasteiger partial charge in [0.25, 0.3) is 0 Å². The van der Waals surface area contributed by atoms with Gasteiger partial charge < -0.3 is 5.32 Å². The molecule has 0 saturated carbocycles. The van der Waals surface area contributed by atoms with Crippen LogP contribution >= 0.6 is 0 Å². The highest BCUT2D eigenvalue weighted by molar-refractivity contribution is 5.43. The second-order valence-electron chi connectivity index (χ2n) is 5.31. The summed E-state index contributed by atoms with van der Waals surface area (Å²) in [4.78, 5) is 2.67. The molecule has 1 aromatic rings. The van der Waals surface area contributed by atoms with Gasteiger partial charge in [-0.15, -0.1) is 0 Å². The highest BCUT2D eigenvalue weighted by Gasteiger charge is 2.23. The minimum Gasteiger partial charge on any atom is -0.381 e. The number of para-hydroxylation sites is 1. The summed E-state index contributed by atoms with van der Waals surface area (Å²) in [5, 5.41) is 3.67. The summed E-state index contributed by atoms with van der Waals surface area (Å²) in [5.74, 6) is 0. The number of likely N-dealkylation sites (tertiary alicyclic amines) is 1. The van der Waals surface area contributed by atoms with Gasteiger partial charge in [0.2, 0.25) is 0 Å². The summed E-state index contributed by atoms with van der Waals surface area (Å²) < 4.78 is 0. The molecule has 1 aliphatic heterocycles. The second kappa shape index (κ2) is 6.79. The Morgan fingerprint density at radius 1 is 1.22 bits per heavy atom. The van der Waals surface area contributed by atoms with Crippen LogP contribution in [0.4, 0.5) is 5.69 Å². The molecule has 1 fully saturated rings. The Balaban J connectivity index is 1.90. The number of hydrogen-bond acceptors (Lipinski definition) is 2. The topological polar surface area (TPSA) is 15.3 Å². The van der Waals surface area contributed by atoms with E-state index in [0.29, 0.717) is 6.04 Å². The fourth-order valence-electron chi connectivity index (χ4n) is 3.03. The van der Waals surface area contributed by atoms with Crippen molar-refractivity contribution >= 4 is 5.69 Å². The van der Waals surface area contributed by atoms with Crippen LogP contribution in [0.5, 0.6) is 0 Å². The van der Waals surface area contributed by atoms with Gasteiger partial charge in [-0.05, 0) is 44.4 Å². The molecule has 0 aliphatic carbocycles. The third kappa shape index (κ3) is 3.49. The van der Waals surface area contributed by atoms with E-state index in [1.165, 1.54) is 44.5 Å². The maximum absolute atomic E-state index is 3.67. The molecule has 18 heavy (non-hydrogen) atoms. The Morgan fingerprint density at radius 2 is 1.94 bits per heavy atom. The Morgan fingerprint density at radius 3 is 2.61 bits per heavy atom. The van der Waals surface area contributed by atoms with Crippen LogP contribution < -0.4 is 5.32 Å². The summed E-state index contributed by atoms with van der Waals surface area (Å²) in [6.07, 6.45) is 5.16. The highest BCUT2D eigenvalue weighted by Crippen LogP contribution is 2.19. The average Bonchev–Trinajstić information content (AvgIpc) is 2.42. The largest absolute Gasteiger partial charge is 0.381 e. The van der Waals surface area contributed by atoms with Crippen LogP contribution in [0.2, 0.25) is 0 Å².